The zero-order valence-electron chi connectivity index (χ0n) is 30.8. The summed E-state index contributed by atoms with van der Waals surface area (Å²) < 4.78 is 49.3. The van der Waals surface area contributed by atoms with Crippen LogP contribution in [-0.2, 0) is 31.4 Å². The molecule has 0 saturated carbocycles. The first kappa shape index (κ1) is 48.0. The van der Waals surface area contributed by atoms with Gasteiger partial charge in [0.15, 0.2) is 11.4 Å². The van der Waals surface area contributed by atoms with Gasteiger partial charge in [0.05, 0.1) is 31.5 Å². The van der Waals surface area contributed by atoms with E-state index in [1.54, 1.807) is 0 Å². The van der Waals surface area contributed by atoms with E-state index in [0.717, 1.165) is 14.4 Å². The van der Waals surface area contributed by atoms with E-state index in [2.05, 4.69) is 9.05 Å². The zero-order chi connectivity index (χ0) is 39.2. The van der Waals surface area contributed by atoms with E-state index in [1.807, 2.05) is 0 Å². The summed E-state index contributed by atoms with van der Waals surface area (Å²) in [6, 6.07) is 16.6. The van der Waals surface area contributed by atoms with Crippen molar-refractivity contribution >= 4 is 39.4 Å². The van der Waals surface area contributed by atoms with Crippen LogP contribution in [0.25, 0.3) is 5.69 Å². The van der Waals surface area contributed by atoms with E-state index in [4.69, 9.17) is 28.9 Å². The van der Waals surface area contributed by atoms with Crippen LogP contribution in [0.5, 0.6) is 17.2 Å². The Morgan fingerprint density at radius 2 is 1.11 bits per heavy atom. The third-order valence-corrected chi connectivity index (χ3v) is 8.06. The maximum atomic E-state index is 14.0. The maximum Gasteiger partial charge on any atom is 1.00 e. The molecule has 0 radical (unpaired) electrons. The van der Waals surface area contributed by atoms with Crippen LogP contribution in [0.1, 0.15) is 52.8 Å². The van der Waals surface area contributed by atoms with Crippen molar-refractivity contribution < 1.29 is 130 Å². The Hall–Kier alpha value is -3.16. The standard InChI is InChI=1S/C33H35N3O15P2.2Na/c1-34(2)30(37)26-28(50-32(39)22-10-6-8-20(16-22)18-48-52(41,42)43)29(51-33(40)23-11-7-9-21(17-23)19-49-53(44,45)46)27(31(38)35(3)4)36(26)24-12-14-25(47-5)15-13-24;;/h6-17H,18-19H2,1-5H3,(H2,41,42,43)(H2,44,45,46);;/q;2*+1/p-1. The Kier molecular flexibility index (Phi) is 17.7. The van der Waals surface area contributed by atoms with Crippen molar-refractivity contribution in [3.05, 3.63) is 106 Å². The van der Waals surface area contributed by atoms with Gasteiger partial charge >= 0.3 is 78.9 Å². The number of esters is 2. The summed E-state index contributed by atoms with van der Waals surface area (Å²) in [7, 11) is -2.98. The fraction of sp³-hybridized carbons (Fsp3) is 0.212. The van der Waals surface area contributed by atoms with Crippen molar-refractivity contribution in [3.63, 3.8) is 0 Å². The fourth-order valence-corrected chi connectivity index (χ4v) is 5.34. The van der Waals surface area contributed by atoms with E-state index in [0.29, 0.717) is 5.75 Å². The fourth-order valence-electron chi connectivity index (χ4n) is 4.71. The minimum atomic E-state index is -5.11. The van der Waals surface area contributed by atoms with Gasteiger partial charge in [0.2, 0.25) is 11.5 Å². The molecule has 0 spiro atoms. The predicted molar refractivity (Wildman–Crippen MR) is 183 cm³/mol. The molecular weight excluding hydrogens is 786 g/mol. The zero-order valence-corrected chi connectivity index (χ0v) is 36.6. The molecule has 282 valence electrons. The minimum absolute atomic E-state index is 0. The summed E-state index contributed by atoms with van der Waals surface area (Å²) >= 11 is 0. The molecule has 2 amide bonds. The van der Waals surface area contributed by atoms with Crippen LogP contribution in [-0.4, -0.2) is 88.1 Å². The van der Waals surface area contributed by atoms with Gasteiger partial charge in [0.1, 0.15) is 5.75 Å². The smallest absolute Gasteiger partial charge is 0.756 e. The molecule has 55 heavy (non-hydrogen) atoms. The number of benzene rings is 3. The number of methoxy groups -OCH3 is 1. The third kappa shape index (κ3) is 12.9. The van der Waals surface area contributed by atoms with E-state index in [-0.39, 0.29) is 87.1 Å². The van der Waals surface area contributed by atoms with E-state index >= 15 is 0 Å². The molecule has 0 fully saturated rings. The van der Waals surface area contributed by atoms with E-state index < -0.39 is 75.5 Å². The number of ether oxygens (including phenoxy) is 3. The number of hydrogen-bond acceptors (Lipinski definition) is 12. The predicted octanol–water partition coefficient (Wildman–Crippen LogP) is -3.08. The molecule has 0 aliphatic heterocycles. The normalized spacial score (nSPS) is 11.9. The average molecular weight is 821 g/mol. The number of rotatable bonds is 14. The summed E-state index contributed by atoms with van der Waals surface area (Å²) in [5.74, 6) is -4.75. The van der Waals surface area contributed by atoms with Crippen LogP contribution in [0.3, 0.4) is 0 Å². The van der Waals surface area contributed by atoms with E-state index in [1.165, 1.54) is 108 Å². The molecule has 22 heteroatoms. The topological polar surface area (TPSA) is 244 Å². The molecule has 0 saturated heterocycles. The van der Waals surface area contributed by atoms with Crippen molar-refractivity contribution in [2.45, 2.75) is 13.2 Å². The number of hydrogen-bond donors (Lipinski definition) is 3. The van der Waals surface area contributed by atoms with Gasteiger partial charge in [-0.05, 0) is 59.7 Å². The van der Waals surface area contributed by atoms with Crippen molar-refractivity contribution in [1.29, 1.82) is 0 Å². The molecule has 1 atom stereocenters. The SMILES string of the molecule is COc1ccc(-n2c(C(=O)N(C)C)c(OC(=O)c3cccc(COP(=O)([O-])O)c3)c(OC(=O)c3cccc(COP(=O)(O)O)c3)c2C(=O)N(C)C)cc1.[Na+].[Na+]. The second-order valence-electron chi connectivity index (χ2n) is 11.5. The summed E-state index contributed by atoms with van der Waals surface area (Å²) in [5.41, 5.74) is -0.735. The second-order valence-corrected chi connectivity index (χ2v) is 13.9. The van der Waals surface area contributed by atoms with Gasteiger partial charge in [-0.25, -0.2) is 14.2 Å². The maximum absolute atomic E-state index is 14.0. The quantitative estimate of drug-likeness (QED) is 0.0649. The van der Waals surface area contributed by atoms with E-state index in [9.17, 15) is 33.2 Å². The summed E-state index contributed by atoms with van der Waals surface area (Å²) in [6.45, 7) is -1.22. The Morgan fingerprint density at radius 1 is 0.691 bits per heavy atom. The molecule has 1 heterocycles. The number of aromatic nitrogens is 1. The number of nitrogens with zero attached hydrogens (tertiary/aromatic N) is 3. The Balaban J connectivity index is 0.00000523. The van der Waals surface area contributed by atoms with Crippen LogP contribution in [0.15, 0.2) is 72.8 Å². The molecule has 18 nitrogen and oxygen atoms in total. The number of phosphoric acid groups is 2. The molecule has 1 unspecified atom stereocenters. The van der Waals surface area contributed by atoms with Gasteiger partial charge in [0, 0.05) is 33.9 Å². The monoisotopic (exact) mass is 820 g/mol. The Bertz CT molecular complexity index is 2010. The molecule has 0 bridgehead atoms. The first-order valence-electron chi connectivity index (χ1n) is 15.2. The molecule has 1 aromatic heterocycles. The largest absolute Gasteiger partial charge is 1.00 e. The number of phosphoric ester groups is 2. The summed E-state index contributed by atoms with van der Waals surface area (Å²) in [4.78, 5) is 96.2. The second kappa shape index (κ2) is 20.3. The van der Waals surface area contributed by atoms with Crippen LogP contribution in [0.4, 0.5) is 0 Å². The van der Waals surface area contributed by atoms with Crippen molar-refractivity contribution in [2.75, 3.05) is 35.3 Å². The molecule has 3 aromatic carbocycles. The minimum Gasteiger partial charge on any atom is -0.756 e. The van der Waals surface area contributed by atoms with Gasteiger partial charge in [-0.15, -0.1) is 0 Å². The van der Waals surface area contributed by atoms with Gasteiger partial charge < -0.3 is 48.1 Å². The van der Waals surface area contributed by atoms with Crippen LogP contribution >= 0.6 is 15.6 Å². The molecule has 4 aromatic rings. The van der Waals surface area contributed by atoms with Crippen molar-refractivity contribution in [2.24, 2.45) is 0 Å². The van der Waals surface area contributed by atoms with Crippen LogP contribution in [0, 0.1) is 0 Å². The molecule has 3 N–H and O–H groups in total. The number of amides is 2. The van der Waals surface area contributed by atoms with Gasteiger partial charge in [-0.3, -0.25) is 23.2 Å². The van der Waals surface area contributed by atoms with Gasteiger partial charge in [0.25, 0.3) is 19.6 Å². The Morgan fingerprint density at radius 3 is 1.47 bits per heavy atom. The van der Waals surface area contributed by atoms with Crippen molar-refractivity contribution in [1.82, 2.24) is 14.4 Å². The Labute approximate surface area is 359 Å². The average Bonchev–Trinajstić information content (AvgIpc) is 3.41. The molecule has 0 aliphatic carbocycles. The van der Waals surface area contributed by atoms with Crippen LogP contribution < -0.4 is 78.2 Å². The number of carbonyl (C=O) groups excluding carboxylic acids is 4. The van der Waals surface area contributed by atoms with Gasteiger partial charge in [-0.2, -0.15) is 0 Å². The first-order chi connectivity index (χ1) is 24.8. The number of carbonyl (C=O) groups is 4. The van der Waals surface area contributed by atoms with Crippen molar-refractivity contribution in [3.8, 4) is 22.9 Å². The third-order valence-electron chi connectivity index (χ3n) is 7.14. The molecular formula is C33H34N3Na2O15P2+. The molecule has 0 aliphatic rings. The van der Waals surface area contributed by atoms with Crippen LogP contribution in [0.2, 0.25) is 0 Å². The summed E-state index contributed by atoms with van der Waals surface area (Å²) in [5, 5.41) is 0. The first-order valence-corrected chi connectivity index (χ1v) is 18.2. The molecule has 4 rings (SSSR count). The summed E-state index contributed by atoms with van der Waals surface area (Å²) in [6.07, 6.45) is 0. The van der Waals surface area contributed by atoms with Gasteiger partial charge in [-0.1, -0.05) is 24.3 Å².